The van der Waals surface area contributed by atoms with Crippen molar-refractivity contribution in [1.82, 2.24) is 24.6 Å². The second-order valence-electron chi connectivity index (χ2n) is 8.91. The van der Waals surface area contributed by atoms with Crippen molar-refractivity contribution in [2.24, 2.45) is 18.7 Å². The fourth-order valence-corrected chi connectivity index (χ4v) is 5.83. The minimum Gasteiger partial charge on any atom is -0.367 e. The van der Waals surface area contributed by atoms with Crippen molar-refractivity contribution in [3.05, 3.63) is 54.1 Å². The summed E-state index contributed by atoms with van der Waals surface area (Å²) in [6.45, 7) is 4.31. The van der Waals surface area contributed by atoms with Gasteiger partial charge in [0.15, 0.2) is 11.0 Å². The highest BCUT2D eigenvalue weighted by molar-refractivity contribution is 7.99. The molecule has 34 heavy (non-hydrogen) atoms. The molecule has 2 N–H and O–H groups in total. The van der Waals surface area contributed by atoms with E-state index in [4.69, 9.17) is 5.73 Å². The summed E-state index contributed by atoms with van der Waals surface area (Å²) in [6.07, 6.45) is 3.86. The Morgan fingerprint density at radius 2 is 2.00 bits per heavy atom. The van der Waals surface area contributed by atoms with Gasteiger partial charge in [0.25, 0.3) is 5.91 Å². The number of carbonyl (C=O) groups is 1. The zero-order valence-corrected chi connectivity index (χ0v) is 19.9. The molecule has 0 saturated carbocycles. The van der Waals surface area contributed by atoms with Gasteiger partial charge in [-0.05, 0) is 61.7 Å². The highest BCUT2D eigenvalue weighted by atomic mass is 32.2. The smallest absolute Gasteiger partial charge is 0.267 e. The molecule has 0 unspecified atom stereocenters. The molecule has 2 fully saturated rings. The number of fused-ring (bicyclic) bond motifs is 1. The normalized spacial score (nSPS) is 20.1. The number of likely N-dealkylation sites (tertiary alicyclic amines) is 1. The van der Waals surface area contributed by atoms with Gasteiger partial charge >= 0.3 is 0 Å². The van der Waals surface area contributed by atoms with Gasteiger partial charge in [0.2, 0.25) is 0 Å². The summed E-state index contributed by atoms with van der Waals surface area (Å²) in [4.78, 5) is 20.3. The van der Waals surface area contributed by atoms with Crippen molar-refractivity contribution < 1.29 is 9.18 Å². The third kappa shape index (κ3) is 4.65. The maximum Gasteiger partial charge on any atom is 0.267 e. The number of hydrogen-bond acceptors (Lipinski definition) is 7. The van der Waals surface area contributed by atoms with Crippen LogP contribution in [0.3, 0.4) is 0 Å². The molecule has 2 aliphatic rings. The number of halogens is 1. The van der Waals surface area contributed by atoms with Crippen LogP contribution in [0.1, 0.15) is 23.3 Å². The first kappa shape index (κ1) is 22.8. The predicted octanol–water partition coefficient (Wildman–Crippen LogP) is 2.81. The molecule has 0 bridgehead atoms. The Hall–Kier alpha value is -2.98. The second kappa shape index (κ2) is 9.71. The lowest BCUT2D eigenvalue weighted by molar-refractivity contribution is 0.0995. The molecule has 0 radical (unpaired) electrons. The van der Waals surface area contributed by atoms with Crippen LogP contribution in [0.2, 0.25) is 0 Å². The van der Waals surface area contributed by atoms with Crippen molar-refractivity contribution in [3.8, 4) is 11.4 Å². The number of thioether (sulfide) groups is 1. The molecule has 5 rings (SSSR count). The standard InChI is InChI=1S/C24H28FN7OS/c1-30-23(16-3-8-20(22(26)33)27-13-16)28-29-24(30)34-12-2-10-31-14-17-9-11-32(21(17)15-31)19-6-4-18(25)5-7-19/h3-8,13,17,21H,2,9-12,14-15H2,1H3,(H2,26,33)/t17-,21+/m0/s1. The van der Waals surface area contributed by atoms with Gasteiger partial charge < -0.3 is 20.1 Å². The monoisotopic (exact) mass is 481 g/mol. The van der Waals surface area contributed by atoms with Gasteiger partial charge in [-0.15, -0.1) is 10.2 Å². The SMILES string of the molecule is Cn1c(SCCCN2C[C@@H]3CCN(c4ccc(F)cc4)[C@@H]3C2)nnc1-c1ccc(C(N)=O)nc1. The Bertz CT molecular complexity index is 1150. The van der Waals surface area contributed by atoms with E-state index < -0.39 is 5.91 Å². The first-order valence-corrected chi connectivity index (χ1v) is 12.5. The van der Waals surface area contributed by atoms with E-state index in [9.17, 15) is 9.18 Å². The third-order valence-corrected chi connectivity index (χ3v) is 7.85. The molecule has 3 aromatic rings. The van der Waals surface area contributed by atoms with E-state index in [0.717, 1.165) is 54.8 Å². The van der Waals surface area contributed by atoms with Crippen molar-refractivity contribution in [2.45, 2.75) is 24.0 Å². The molecule has 8 nitrogen and oxygen atoms in total. The maximum absolute atomic E-state index is 13.3. The molecule has 0 aliphatic carbocycles. The molecule has 178 valence electrons. The first-order valence-electron chi connectivity index (χ1n) is 11.5. The van der Waals surface area contributed by atoms with Crippen LogP contribution in [0.4, 0.5) is 10.1 Å². The average molecular weight is 482 g/mol. The van der Waals surface area contributed by atoms with Crippen molar-refractivity contribution in [1.29, 1.82) is 0 Å². The number of primary amides is 1. The number of benzene rings is 1. The van der Waals surface area contributed by atoms with Crippen molar-refractivity contribution in [3.63, 3.8) is 0 Å². The van der Waals surface area contributed by atoms with E-state index in [2.05, 4.69) is 25.0 Å². The zero-order valence-electron chi connectivity index (χ0n) is 19.1. The van der Waals surface area contributed by atoms with Crippen LogP contribution in [0.5, 0.6) is 0 Å². The summed E-state index contributed by atoms with van der Waals surface area (Å²) in [5.74, 6) is 1.62. The molecule has 1 aromatic carbocycles. The number of nitrogens with two attached hydrogens (primary N) is 1. The molecule has 1 amide bonds. The predicted molar refractivity (Wildman–Crippen MR) is 130 cm³/mol. The Kier molecular flexibility index (Phi) is 6.51. The van der Waals surface area contributed by atoms with E-state index in [0.29, 0.717) is 17.8 Å². The van der Waals surface area contributed by atoms with Gasteiger partial charge in [-0.3, -0.25) is 9.78 Å². The van der Waals surface area contributed by atoms with E-state index in [1.807, 2.05) is 23.7 Å². The number of aromatic nitrogens is 4. The van der Waals surface area contributed by atoms with Crippen LogP contribution < -0.4 is 10.6 Å². The molecule has 2 atom stereocenters. The minimum atomic E-state index is -0.550. The van der Waals surface area contributed by atoms with Crippen LogP contribution >= 0.6 is 11.8 Å². The maximum atomic E-state index is 13.3. The van der Waals surface area contributed by atoms with Crippen molar-refractivity contribution >= 4 is 23.4 Å². The summed E-state index contributed by atoms with van der Waals surface area (Å²) < 4.78 is 15.2. The molecule has 0 spiro atoms. The molecular weight excluding hydrogens is 453 g/mol. The summed E-state index contributed by atoms with van der Waals surface area (Å²) in [5, 5.41) is 9.48. The van der Waals surface area contributed by atoms with E-state index in [-0.39, 0.29) is 11.5 Å². The fraction of sp³-hybridized carbons (Fsp3) is 0.417. The minimum absolute atomic E-state index is 0.183. The van der Waals surface area contributed by atoms with Crippen molar-refractivity contribution in [2.75, 3.05) is 36.8 Å². The summed E-state index contributed by atoms with van der Waals surface area (Å²) in [7, 11) is 1.94. The van der Waals surface area contributed by atoms with E-state index in [1.54, 1.807) is 42.2 Å². The fourth-order valence-electron chi connectivity index (χ4n) is 5.00. The molecule has 2 saturated heterocycles. The van der Waals surface area contributed by atoms with Crippen LogP contribution in [0.15, 0.2) is 47.8 Å². The second-order valence-corrected chi connectivity index (χ2v) is 9.97. The molecule has 4 heterocycles. The Balaban J connectivity index is 1.11. The van der Waals surface area contributed by atoms with Gasteiger partial charge in [0.05, 0.1) is 0 Å². The number of rotatable bonds is 8. The highest BCUT2D eigenvalue weighted by Gasteiger charge is 2.40. The Labute approximate surface area is 202 Å². The lowest BCUT2D eigenvalue weighted by Crippen LogP contribution is -2.35. The van der Waals surface area contributed by atoms with E-state index >= 15 is 0 Å². The Morgan fingerprint density at radius 3 is 2.74 bits per heavy atom. The lowest BCUT2D eigenvalue weighted by atomic mass is 10.1. The zero-order chi connectivity index (χ0) is 23.7. The number of anilines is 1. The molecule has 2 aliphatic heterocycles. The largest absolute Gasteiger partial charge is 0.367 e. The van der Waals surface area contributed by atoms with Crippen LogP contribution in [-0.4, -0.2) is 68.5 Å². The number of hydrogen-bond donors (Lipinski definition) is 1. The van der Waals surface area contributed by atoms with Gasteiger partial charge in [-0.1, -0.05) is 11.8 Å². The van der Waals surface area contributed by atoms with Crippen LogP contribution in [0.25, 0.3) is 11.4 Å². The van der Waals surface area contributed by atoms with E-state index in [1.165, 1.54) is 6.42 Å². The van der Waals surface area contributed by atoms with Gasteiger partial charge in [-0.2, -0.15) is 0 Å². The quantitative estimate of drug-likeness (QED) is 0.391. The molecule has 10 heteroatoms. The van der Waals surface area contributed by atoms with Gasteiger partial charge in [-0.25, -0.2) is 4.39 Å². The highest BCUT2D eigenvalue weighted by Crippen LogP contribution is 2.35. The van der Waals surface area contributed by atoms with Gasteiger partial charge in [0, 0.05) is 55.9 Å². The molecule has 2 aromatic heterocycles. The number of amides is 1. The number of nitrogens with zero attached hydrogens (tertiary/aromatic N) is 6. The summed E-state index contributed by atoms with van der Waals surface area (Å²) >= 11 is 1.70. The Morgan fingerprint density at radius 1 is 1.18 bits per heavy atom. The average Bonchev–Trinajstić information content (AvgIpc) is 3.52. The van der Waals surface area contributed by atoms with Gasteiger partial charge in [0.1, 0.15) is 11.5 Å². The molecular formula is C24H28FN7OS. The number of carbonyl (C=O) groups excluding carboxylic acids is 1. The summed E-state index contributed by atoms with van der Waals surface area (Å²) in [6, 6.07) is 10.8. The lowest BCUT2D eigenvalue weighted by Gasteiger charge is -2.27. The summed E-state index contributed by atoms with van der Waals surface area (Å²) in [5.41, 5.74) is 7.41. The first-order chi connectivity index (χ1) is 16.5. The van der Waals surface area contributed by atoms with Crippen LogP contribution in [0, 0.1) is 11.7 Å². The topological polar surface area (TPSA) is 93.2 Å². The van der Waals surface area contributed by atoms with Crippen LogP contribution in [-0.2, 0) is 7.05 Å². The third-order valence-electron chi connectivity index (χ3n) is 6.74. The number of pyridine rings is 1.